The topological polar surface area (TPSA) is 98.2 Å². The maximum atomic E-state index is 13.3. The number of halogens is 3. The minimum absolute atomic E-state index is 0.0647. The van der Waals surface area contributed by atoms with E-state index in [1.807, 2.05) is 20.8 Å². The van der Waals surface area contributed by atoms with Crippen molar-refractivity contribution >= 4 is 11.8 Å². The lowest BCUT2D eigenvalue weighted by Crippen LogP contribution is -2.53. The zero-order valence-corrected chi connectivity index (χ0v) is 17.8. The van der Waals surface area contributed by atoms with Gasteiger partial charge in [0.15, 0.2) is 0 Å². The van der Waals surface area contributed by atoms with Crippen LogP contribution in [-0.2, 0) is 22.2 Å². The Morgan fingerprint density at radius 1 is 0.935 bits per heavy atom. The third-order valence-electron chi connectivity index (χ3n) is 4.88. The molecule has 5 N–H and O–H groups in total. The molecule has 0 radical (unpaired) electrons. The van der Waals surface area contributed by atoms with E-state index >= 15 is 0 Å². The van der Waals surface area contributed by atoms with Gasteiger partial charge >= 0.3 is 6.18 Å². The highest BCUT2D eigenvalue weighted by atomic mass is 19.4. The van der Waals surface area contributed by atoms with Crippen molar-refractivity contribution in [2.75, 3.05) is 6.54 Å². The fourth-order valence-electron chi connectivity index (χ4n) is 3.30. The normalized spacial score (nSPS) is 14.1. The number of hydrogen-bond donors (Lipinski definition) is 3. The van der Waals surface area contributed by atoms with Crippen molar-refractivity contribution in [3.63, 3.8) is 0 Å². The second-order valence-electron chi connectivity index (χ2n) is 8.77. The summed E-state index contributed by atoms with van der Waals surface area (Å²) >= 11 is 0. The first-order valence-corrected chi connectivity index (χ1v) is 9.87. The van der Waals surface area contributed by atoms with Crippen LogP contribution in [0.5, 0.6) is 0 Å². The first-order valence-electron chi connectivity index (χ1n) is 9.87. The van der Waals surface area contributed by atoms with E-state index in [0.29, 0.717) is 17.7 Å². The summed E-state index contributed by atoms with van der Waals surface area (Å²) in [6, 6.07) is 10.7. The fraction of sp³-hybridized carbons (Fsp3) is 0.391. The van der Waals surface area contributed by atoms with Crippen LogP contribution in [0.15, 0.2) is 48.5 Å². The summed E-state index contributed by atoms with van der Waals surface area (Å²) in [5.74, 6) is -2.27. The first kappa shape index (κ1) is 24.4. The third kappa shape index (κ3) is 6.82. The molecule has 2 aromatic carbocycles. The molecule has 0 aliphatic heterocycles. The molecule has 2 atom stereocenters. The molecule has 5 nitrogen and oxygen atoms in total. The van der Waals surface area contributed by atoms with Gasteiger partial charge in [0, 0.05) is 6.54 Å². The number of carbonyl (C=O) groups excluding carboxylic acids is 2. The van der Waals surface area contributed by atoms with Gasteiger partial charge in [-0.2, -0.15) is 13.2 Å². The molecule has 31 heavy (non-hydrogen) atoms. The predicted molar refractivity (Wildman–Crippen MR) is 114 cm³/mol. The van der Waals surface area contributed by atoms with Crippen molar-refractivity contribution in [3.05, 3.63) is 59.7 Å². The zero-order chi connectivity index (χ0) is 23.4. The van der Waals surface area contributed by atoms with E-state index in [9.17, 15) is 22.8 Å². The van der Waals surface area contributed by atoms with Gasteiger partial charge in [-0.25, -0.2) is 0 Å². The van der Waals surface area contributed by atoms with Gasteiger partial charge in [-0.3, -0.25) is 9.59 Å². The number of primary amides is 2. The average molecular weight is 435 g/mol. The lowest BCUT2D eigenvalue weighted by Gasteiger charge is -2.27. The number of alkyl halides is 3. The number of nitrogens with two attached hydrogens (primary N) is 2. The van der Waals surface area contributed by atoms with Crippen LogP contribution in [-0.4, -0.2) is 24.4 Å². The van der Waals surface area contributed by atoms with Crippen molar-refractivity contribution in [3.8, 4) is 11.1 Å². The lowest BCUT2D eigenvalue weighted by molar-refractivity contribution is -0.137. The summed E-state index contributed by atoms with van der Waals surface area (Å²) in [5.41, 5.74) is 11.3. The first-order chi connectivity index (χ1) is 14.3. The van der Waals surface area contributed by atoms with Crippen LogP contribution >= 0.6 is 0 Å². The number of carbonyl (C=O) groups is 2. The Balaban J connectivity index is 2.27. The van der Waals surface area contributed by atoms with E-state index < -0.39 is 35.5 Å². The highest BCUT2D eigenvalue weighted by Crippen LogP contribution is 2.37. The van der Waals surface area contributed by atoms with Gasteiger partial charge in [-0.1, -0.05) is 63.2 Å². The maximum absolute atomic E-state index is 13.3. The molecule has 0 aliphatic rings. The van der Waals surface area contributed by atoms with E-state index in [-0.39, 0.29) is 17.4 Å². The van der Waals surface area contributed by atoms with Crippen molar-refractivity contribution in [2.45, 2.75) is 39.4 Å². The summed E-state index contributed by atoms with van der Waals surface area (Å²) in [7, 11) is 0. The average Bonchev–Trinajstić information content (AvgIpc) is 2.66. The number of nitrogens with one attached hydrogen (secondary N) is 1. The van der Waals surface area contributed by atoms with E-state index in [4.69, 9.17) is 11.5 Å². The van der Waals surface area contributed by atoms with E-state index in [2.05, 4.69) is 5.32 Å². The Morgan fingerprint density at radius 2 is 1.52 bits per heavy atom. The summed E-state index contributed by atoms with van der Waals surface area (Å²) in [6.07, 6.45) is -4.35. The van der Waals surface area contributed by atoms with E-state index in [0.717, 1.165) is 6.07 Å². The molecule has 0 spiro atoms. The molecule has 2 rings (SSSR count). The predicted octanol–water partition coefficient (Wildman–Crippen LogP) is 3.51. The largest absolute Gasteiger partial charge is 0.417 e. The van der Waals surface area contributed by atoms with Crippen molar-refractivity contribution in [2.24, 2.45) is 22.8 Å². The smallest absolute Gasteiger partial charge is 0.369 e. The molecule has 0 aliphatic carbocycles. The number of hydrogen-bond acceptors (Lipinski definition) is 3. The Morgan fingerprint density at radius 3 is 2.00 bits per heavy atom. The molecule has 0 heterocycles. The summed E-state index contributed by atoms with van der Waals surface area (Å²) in [4.78, 5) is 24.0. The van der Waals surface area contributed by atoms with Crippen LogP contribution in [0.4, 0.5) is 13.2 Å². The van der Waals surface area contributed by atoms with Gasteiger partial charge < -0.3 is 16.8 Å². The molecule has 0 unspecified atom stereocenters. The molecule has 0 bridgehead atoms. The van der Waals surface area contributed by atoms with Gasteiger partial charge in [0.25, 0.3) is 0 Å². The van der Waals surface area contributed by atoms with Crippen LogP contribution in [0.1, 0.15) is 31.9 Å². The summed E-state index contributed by atoms with van der Waals surface area (Å²) in [6.45, 7) is 6.34. The quantitative estimate of drug-likeness (QED) is 0.592. The standard InChI is InChI=1S/C23H28F3N3O2/c1-22(2,3)13-29-19(21(28)31)17(20(27)30)12-14-8-10-15(11-9-14)16-6-4-5-7-18(16)23(24,25)26/h4-11,17,19,29H,12-13H2,1-3H3,(H2,27,30)(H2,28,31)/t17-,19+/m1/s1. The van der Waals surface area contributed by atoms with Crippen LogP contribution < -0.4 is 16.8 Å². The molecule has 0 saturated heterocycles. The van der Waals surface area contributed by atoms with Crippen LogP contribution in [0.3, 0.4) is 0 Å². The molecular formula is C23H28F3N3O2. The number of benzene rings is 2. The molecular weight excluding hydrogens is 407 g/mol. The molecule has 168 valence electrons. The second kappa shape index (κ2) is 9.51. The molecule has 2 aromatic rings. The third-order valence-corrected chi connectivity index (χ3v) is 4.88. The highest BCUT2D eigenvalue weighted by Gasteiger charge is 2.34. The fourth-order valence-corrected chi connectivity index (χ4v) is 3.30. The van der Waals surface area contributed by atoms with E-state index in [1.54, 1.807) is 30.3 Å². The minimum atomic E-state index is -4.47. The minimum Gasteiger partial charge on any atom is -0.369 e. The summed E-state index contributed by atoms with van der Waals surface area (Å²) in [5, 5.41) is 3.02. The van der Waals surface area contributed by atoms with Gasteiger partial charge in [-0.05, 0) is 34.6 Å². The van der Waals surface area contributed by atoms with Crippen LogP contribution in [0.2, 0.25) is 0 Å². The number of rotatable bonds is 8. The summed E-state index contributed by atoms with van der Waals surface area (Å²) < 4.78 is 39.9. The Hall–Kier alpha value is -2.87. The zero-order valence-electron chi connectivity index (χ0n) is 17.8. The molecule has 8 heteroatoms. The molecule has 2 amide bonds. The number of amides is 2. The lowest BCUT2D eigenvalue weighted by atomic mass is 9.88. The Labute approximate surface area is 180 Å². The van der Waals surface area contributed by atoms with Crippen molar-refractivity contribution in [1.29, 1.82) is 0 Å². The van der Waals surface area contributed by atoms with E-state index in [1.165, 1.54) is 12.1 Å². The molecule has 0 fully saturated rings. The van der Waals surface area contributed by atoms with Crippen LogP contribution in [0.25, 0.3) is 11.1 Å². The van der Waals surface area contributed by atoms with Gasteiger partial charge in [0.05, 0.1) is 17.5 Å². The van der Waals surface area contributed by atoms with Crippen LogP contribution in [0, 0.1) is 11.3 Å². The van der Waals surface area contributed by atoms with Crippen molar-refractivity contribution < 1.29 is 22.8 Å². The van der Waals surface area contributed by atoms with Gasteiger partial charge in [0.1, 0.15) is 0 Å². The SMILES string of the molecule is CC(C)(C)CN[C@H](C(N)=O)[C@@H](Cc1ccc(-c2ccccc2C(F)(F)F)cc1)C(N)=O. The van der Waals surface area contributed by atoms with Gasteiger partial charge in [-0.15, -0.1) is 0 Å². The molecule has 0 saturated carbocycles. The Kier molecular flexibility index (Phi) is 7.49. The molecule has 0 aromatic heterocycles. The Bertz CT molecular complexity index is 919. The van der Waals surface area contributed by atoms with Gasteiger partial charge in [0.2, 0.25) is 11.8 Å². The monoisotopic (exact) mass is 435 g/mol. The second-order valence-corrected chi connectivity index (χ2v) is 8.77. The van der Waals surface area contributed by atoms with Crippen molar-refractivity contribution in [1.82, 2.24) is 5.32 Å². The maximum Gasteiger partial charge on any atom is 0.417 e. The highest BCUT2D eigenvalue weighted by molar-refractivity contribution is 5.88.